The third-order valence-electron chi connectivity index (χ3n) is 7.07. The fourth-order valence-corrected chi connectivity index (χ4v) is 4.64. The van der Waals surface area contributed by atoms with Crippen molar-refractivity contribution in [3.63, 3.8) is 0 Å². The van der Waals surface area contributed by atoms with Gasteiger partial charge in [0.05, 0.1) is 11.4 Å². The first kappa shape index (κ1) is 27.5. The van der Waals surface area contributed by atoms with Gasteiger partial charge in [0.2, 0.25) is 0 Å². The second-order valence-corrected chi connectivity index (χ2v) is 9.93. The van der Waals surface area contributed by atoms with Crippen LogP contribution in [0.25, 0.3) is 5.69 Å². The maximum atomic E-state index is 15.0. The van der Waals surface area contributed by atoms with Crippen molar-refractivity contribution < 1.29 is 27.5 Å². The van der Waals surface area contributed by atoms with Crippen LogP contribution in [0.15, 0.2) is 73.1 Å². The van der Waals surface area contributed by atoms with E-state index in [0.717, 1.165) is 30.0 Å². The van der Waals surface area contributed by atoms with Crippen molar-refractivity contribution in [2.75, 3.05) is 5.32 Å². The first-order valence-corrected chi connectivity index (χ1v) is 12.8. The summed E-state index contributed by atoms with van der Waals surface area (Å²) in [5.41, 5.74) is 3.74. The minimum absolute atomic E-state index is 0.126. The Hall–Kier alpha value is -4.09. The van der Waals surface area contributed by atoms with E-state index in [0.29, 0.717) is 35.1 Å². The molecule has 208 valence electrons. The Morgan fingerprint density at radius 2 is 1.88 bits per heavy atom. The summed E-state index contributed by atoms with van der Waals surface area (Å²) in [6.45, 7) is 0.126. The molecule has 1 aliphatic rings. The molecule has 7 nitrogen and oxygen atoms in total. The highest BCUT2D eigenvalue weighted by atomic mass is 19.4. The van der Waals surface area contributed by atoms with Crippen molar-refractivity contribution in [1.29, 1.82) is 0 Å². The highest BCUT2D eigenvalue weighted by Crippen LogP contribution is 2.41. The molecule has 2 aromatic carbocycles. The topological polar surface area (TPSA) is 106 Å². The molecule has 2 heterocycles. The molecule has 11 heteroatoms. The van der Waals surface area contributed by atoms with Crippen molar-refractivity contribution in [2.24, 2.45) is 11.7 Å². The molecule has 4 N–H and O–H groups in total. The number of hydrogen-bond acceptors (Lipinski definition) is 5. The predicted molar refractivity (Wildman–Crippen MR) is 140 cm³/mol. The molecule has 2 aromatic heterocycles. The van der Waals surface area contributed by atoms with Crippen molar-refractivity contribution in [2.45, 2.75) is 44.0 Å². The second kappa shape index (κ2) is 10.8. The molecule has 4 aromatic rings. The Kier molecular flexibility index (Phi) is 7.43. The first-order chi connectivity index (χ1) is 19.1. The molecule has 0 bridgehead atoms. The van der Waals surface area contributed by atoms with Gasteiger partial charge in [-0.25, -0.2) is 9.07 Å². The molecule has 1 atom stereocenters. The molecule has 1 unspecified atom stereocenters. The van der Waals surface area contributed by atoms with Crippen molar-refractivity contribution in [3.8, 4) is 5.69 Å². The molecule has 1 aliphatic carbocycles. The third kappa shape index (κ3) is 5.75. The first-order valence-electron chi connectivity index (χ1n) is 12.8. The van der Waals surface area contributed by atoms with E-state index in [1.54, 1.807) is 30.5 Å². The summed E-state index contributed by atoms with van der Waals surface area (Å²) in [7, 11) is 0. The number of pyridine rings is 1. The van der Waals surface area contributed by atoms with Crippen molar-refractivity contribution in [3.05, 3.63) is 107 Å². The summed E-state index contributed by atoms with van der Waals surface area (Å²) < 4.78 is 56.5. The molecule has 1 amide bonds. The minimum Gasteiger partial charge on any atom is -0.380 e. The van der Waals surface area contributed by atoms with E-state index < -0.39 is 34.9 Å². The zero-order valence-corrected chi connectivity index (χ0v) is 21.3. The van der Waals surface area contributed by atoms with Gasteiger partial charge in [-0.3, -0.25) is 9.78 Å². The van der Waals surface area contributed by atoms with Crippen LogP contribution in [0, 0.1) is 11.7 Å². The van der Waals surface area contributed by atoms with Crippen LogP contribution in [0.5, 0.6) is 0 Å². The lowest BCUT2D eigenvalue weighted by atomic mass is 9.82. The molecule has 1 saturated carbocycles. The second-order valence-electron chi connectivity index (χ2n) is 9.93. The van der Waals surface area contributed by atoms with Crippen LogP contribution < -0.4 is 11.1 Å². The summed E-state index contributed by atoms with van der Waals surface area (Å²) in [6.07, 6.45) is 1.53. The van der Waals surface area contributed by atoms with Gasteiger partial charge in [-0.1, -0.05) is 37.1 Å². The Labute approximate surface area is 227 Å². The van der Waals surface area contributed by atoms with Gasteiger partial charge in [0.1, 0.15) is 17.1 Å². The van der Waals surface area contributed by atoms with Crippen LogP contribution >= 0.6 is 0 Å². The van der Waals surface area contributed by atoms with Gasteiger partial charge in [-0.15, -0.1) is 0 Å². The monoisotopic (exact) mass is 553 g/mol. The van der Waals surface area contributed by atoms with E-state index in [9.17, 15) is 27.5 Å². The molecule has 0 saturated heterocycles. The van der Waals surface area contributed by atoms with Crippen LogP contribution in [0.2, 0.25) is 0 Å². The summed E-state index contributed by atoms with van der Waals surface area (Å²) in [5, 5.41) is 17.8. The number of benzene rings is 2. The molecule has 0 spiro atoms. The van der Waals surface area contributed by atoms with Gasteiger partial charge in [-0.2, -0.15) is 18.3 Å². The fraction of sp³-hybridized carbons (Fsp3) is 0.276. The lowest BCUT2D eigenvalue weighted by Gasteiger charge is -2.30. The van der Waals surface area contributed by atoms with E-state index in [1.165, 1.54) is 30.5 Å². The van der Waals surface area contributed by atoms with Crippen LogP contribution in [-0.4, -0.2) is 25.8 Å². The van der Waals surface area contributed by atoms with Gasteiger partial charge >= 0.3 is 6.18 Å². The number of carbonyl (C=O) groups is 1. The van der Waals surface area contributed by atoms with Gasteiger partial charge in [-0.05, 0) is 60.2 Å². The average molecular weight is 554 g/mol. The average Bonchev–Trinajstić information content (AvgIpc) is 3.67. The SMILES string of the molecule is NCc1cccc(-n2nc(C(F)(F)F)cc2C(=O)Nc2cc(C(O)(CCC3CC3)c3cccnc3)ccc2F)c1. The highest BCUT2D eigenvalue weighted by Gasteiger charge is 2.37. The van der Waals surface area contributed by atoms with E-state index in [4.69, 9.17) is 5.73 Å². The van der Waals surface area contributed by atoms with Crippen molar-refractivity contribution >= 4 is 11.6 Å². The third-order valence-corrected chi connectivity index (χ3v) is 7.07. The van der Waals surface area contributed by atoms with Gasteiger partial charge in [0, 0.05) is 30.6 Å². The zero-order valence-electron chi connectivity index (χ0n) is 21.3. The number of nitrogens with two attached hydrogens (primary N) is 1. The predicted octanol–water partition coefficient (Wildman–Crippen LogP) is 5.56. The molecular formula is C29H27F4N5O2. The van der Waals surface area contributed by atoms with Crippen LogP contribution in [0.4, 0.5) is 23.2 Å². The Morgan fingerprint density at radius 3 is 2.55 bits per heavy atom. The number of nitrogens with zero attached hydrogens (tertiary/aromatic N) is 3. The Morgan fingerprint density at radius 1 is 1.07 bits per heavy atom. The summed E-state index contributed by atoms with van der Waals surface area (Å²) in [6, 6.07) is 14.1. The number of alkyl halides is 3. The number of aromatic nitrogens is 3. The highest BCUT2D eigenvalue weighted by molar-refractivity contribution is 6.03. The van der Waals surface area contributed by atoms with E-state index >= 15 is 0 Å². The number of anilines is 1. The minimum atomic E-state index is -4.82. The number of rotatable bonds is 9. The van der Waals surface area contributed by atoms with E-state index in [1.807, 2.05) is 0 Å². The molecule has 0 aliphatic heterocycles. The Balaban J connectivity index is 1.51. The molecule has 1 fully saturated rings. The largest absolute Gasteiger partial charge is 0.435 e. The normalized spacial score (nSPS) is 15.1. The van der Waals surface area contributed by atoms with Crippen LogP contribution in [0.1, 0.15) is 58.6 Å². The van der Waals surface area contributed by atoms with Gasteiger partial charge < -0.3 is 16.2 Å². The lowest BCUT2D eigenvalue weighted by Crippen LogP contribution is -2.28. The zero-order chi connectivity index (χ0) is 28.5. The number of halogens is 4. The summed E-state index contributed by atoms with van der Waals surface area (Å²) >= 11 is 0. The van der Waals surface area contributed by atoms with Crippen LogP contribution in [-0.2, 0) is 18.3 Å². The molecule has 40 heavy (non-hydrogen) atoms. The van der Waals surface area contributed by atoms with Gasteiger partial charge in [0.25, 0.3) is 5.91 Å². The quantitative estimate of drug-likeness (QED) is 0.235. The maximum Gasteiger partial charge on any atom is 0.435 e. The summed E-state index contributed by atoms with van der Waals surface area (Å²) in [4.78, 5) is 17.4. The number of carbonyl (C=O) groups excluding carboxylic acids is 1. The maximum absolute atomic E-state index is 15.0. The van der Waals surface area contributed by atoms with Crippen LogP contribution in [0.3, 0.4) is 0 Å². The van der Waals surface area contributed by atoms with E-state index in [2.05, 4.69) is 15.4 Å². The summed E-state index contributed by atoms with van der Waals surface area (Å²) in [5.74, 6) is -1.33. The lowest BCUT2D eigenvalue weighted by molar-refractivity contribution is -0.141. The fourth-order valence-electron chi connectivity index (χ4n) is 4.64. The standard InChI is InChI=1S/C29H27F4N5O2/c30-23-9-8-20(28(40,11-10-18-6-7-18)21-4-2-12-35-17-21)14-24(23)36-27(39)25-15-26(29(31,32)33)37-38(25)22-5-1-3-19(13-22)16-34/h1-5,8-9,12-15,17-18,40H,6-7,10-11,16,34H2,(H,36,39). The number of hydrogen-bond donors (Lipinski definition) is 3. The number of amides is 1. The molecule has 5 rings (SSSR count). The van der Waals surface area contributed by atoms with E-state index in [-0.39, 0.29) is 17.9 Å². The number of aliphatic hydroxyl groups is 1. The van der Waals surface area contributed by atoms with Crippen molar-refractivity contribution in [1.82, 2.24) is 14.8 Å². The molecular weight excluding hydrogens is 526 g/mol. The smallest absolute Gasteiger partial charge is 0.380 e. The molecule has 0 radical (unpaired) electrons. The van der Waals surface area contributed by atoms with Gasteiger partial charge in [0.15, 0.2) is 5.69 Å². The Bertz CT molecular complexity index is 1520. The number of nitrogens with one attached hydrogen (secondary N) is 1.